The molecule has 1 saturated carbocycles. The van der Waals surface area contributed by atoms with E-state index in [2.05, 4.69) is 10.6 Å². The Balaban J connectivity index is 1.66. The van der Waals surface area contributed by atoms with Gasteiger partial charge in [0.15, 0.2) is 17.2 Å². The number of primary amides is 1. The van der Waals surface area contributed by atoms with Crippen molar-refractivity contribution in [1.29, 1.82) is 0 Å². The molecule has 194 valence electrons. The minimum atomic E-state index is -2.66. The molecule has 5 rings (SSSR count). The van der Waals surface area contributed by atoms with Crippen LogP contribution in [0, 0.1) is 23.6 Å². The SMILES string of the molecule is CCN[C@@H]1C(O)C(C(N)=O)C(=O)[C@@]2(O)C(O)=C3C(=O)c4c(O)cc(C5CCCN5)c(F)c4C[C@H]3C[C@@H]12. The van der Waals surface area contributed by atoms with Crippen molar-refractivity contribution in [3.05, 3.63) is 39.9 Å². The van der Waals surface area contributed by atoms with E-state index in [0.717, 1.165) is 6.42 Å². The number of amides is 1. The Labute approximate surface area is 206 Å². The average molecular weight is 504 g/mol. The number of aliphatic hydroxyl groups excluding tert-OH is 2. The number of hydrogen-bond donors (Lipinski definition) is 7. The monoisotopic (exact) mass is 503 g/mol. The lowest BCUT2D eigenvalue weighted by atomic mass is 9.56. The number of Topliss-reactive ketones (excluding diaryl/α,β-unsaturated/α-hetero) is 2. The van der Waals surface area contributed by atoms with Crippen LogP contribution in [0.1, 0.15) is 53.7 Å². The molecule has 1 heterocycles. The summed E-state index contributed by atoms with van der Waals surface area (Å²) in [5.74, 6) is -8.96. The molecule has 36 heavy (non-hydrogen) atoms. The van der Waals surface area contributed by atoms with E-state index in [1.54, 1.807) is 6.92 Å². The zero-order chi connectivity index (χ0) is 26.1. The van der Waals surface area contributed by atoms with Gasteiger partial charge in [0, 0.05) is 34.7 Å². The van der Waals surface area contributed by atoms with E-state index in [9.17, 15) is 34.8 Å². The molecule has 4 aliphatic rings. The van der Waals surface area contributed by atoms with Gasteiger partial charge in [-0.05, 0) is 50.8 Å². The van der Waals surface area contributed by atoms with Gasteiger partial charge in [-0.1, -0.05) is 6.92 Å². The van der Waals surface area contributed by atoms with Gasteiger partial charge in [-0.25, -0.2) is 4.39 Å². The van der Waals surface area contributed by atoms with Gasteiger partial charge in [-0.2, -0.15) is 0 Å². The van der Waals surface area contributed by atoms with E-state index in [1.807, 2.05) is 0 Å². The Morgan fingerprint density at radius 1 is 1.33 bits per heavy atom. The fraction of sp³-hybridized carbons (Fsp3) is 0.560. The number of hydrogen-bond acceptors (Lipinski definition) is 9. The number of nitrogens with two attached hydrogens (primary N) is 1. The molecule has 0 radical (unpaired) electrons. The van der Waals surface area contributed by atoms with Crippen LogP contribution in [-0.4, -0.2) is 68.7 Å². The minimum Gasteiger partial charge on any atom is -0.508 e. The predicted octanol–water partition coefficient (Wildman–Crippen LogP) is -0.103. The summed E-state index contributed by atoms with van der Waals surface area (Å²) in [7, 11) is 0. The normalized spacial score (nSPS) is 35.9. The lowest BCUT2D eigenvalue weighted by molar-refractivity contribution is -0.172. The fourth-order valence-electron chi connectivity index (χ4n) is 6.74. The van der Waals surface area contributed by atoms with Crippen LogP contribution < -0.4 is 16.4 Å². The second-order valence-corrected chi connectivity index (χ2v) is 10.2. The standard InChI is InChI=1S/C25H30FN3O7/c1-2-28-19-12-7-9-6-11-16(14(30)8-10(18(11)26)13-4-3-5-29-13)20(31)15(9)22(33)25(12,36)23(34)17(21(19)32)24(27)35/h8-9,12-13,17,19,21,28-30,32-33,36H,2-7H2,1H3,(H2,27,35)/t9-,12-,13?,17?,19-,21?,25-/m0/s1. The molecular formula is C25H30FN3O7. The second-order valence-electron chi connectivity index (χ2n) is 10.2. The van der Waals surface area contributed by atoms with E-state index < -0.39 is 70.3 Å². The van der Waals surface area contributed by atoms with Gasteiger partial charge in [0.05, 0.1) is 11.7 Å². The maximum absolute atomic E-state index is 15.7. The summed E-state index contributed by atoms with van der Waals surface area (Å²) in [5.41, 5.74) is 2.37. The number of fused-ring (bicyclic) bond motifs is 3. The first-order valence-corrected chi connectivity index (χ1v) is 12.3. The number of likely N-dealkylation sites (N-methyl/N-ethyl adjacent to an activating group) is 1. The summed E-state index contributed by atoms with van der Waals surface area (Å²) in [6.07, 6.45) is -0.158. The lowest BCUT2D eigenvalue weighted by Crippen LogP contribution is -2.71. The highest BCUT2D eigenvalue weighted by Crippen LogP contribution is 2.52. The minimum absolute atomic E-state index is 0.0217. The molecule has 0 bridgehead atoms. The topological polar surface area (TPSA) is 182 Å². The second kappa shape index (κ2) is 8.62. The Bertz CT molecular complexity index is 1190. The number of phenols is 1. The molecule has 1 aromatic carbocycles. The van der Waals surface area contributed by atoms with Crippen LogP contribution in [0.15, 0.2) is 17.4 Å². The van der Waals surface area contributed by atoms with Crippen LogP contribution in [-0.2, 0) is 16.0 Å². The highest BCUT2D eigenvalue weighted by atomic mass is 19.1. The van der Waals surface area contributed by atoms with Crippen LogP contribution in [0.3, 0.4) is 0 Å². The van der Waals surface area contributed by atoms with Gasteiger partial charge in [-0.15, -0.1) is 0 Å². The van der Waals surface area contributed by atoms with Crippen molar-refractivity contribution in [3.8, 4) is 5.75 Å². The summed E-state index contributed by atoms with van der Waals surface area (Å²) in [6, 6.07) is -0.101. The van der Waals surface area contributed by atoms with Crippen molar-refractivity contribution < 1.29 is 39.2 Å². The lowest BCUT2D eigenvalue weighted by Gasteiger charge is -2.52. The van der Waals surface area contributed by atoms with Crippen molar-refractivity contribution in [3.63, 3.8) is 0 Å². The quantitative estimate of drug-likeness (QED) is 0.276. The summed E-state index contributed by atoms with van der Waals surface area (Å²) in [4.78, 5) is 38.9. The summed E-state index contributed by atoms with van der Waals surface area (Å²) in [6.45, 7) is 2.74. The number of phenolic OH excluding ortho intramolecular Hbond substituents is 1. The zero-order valence-electron chi connectivity index (χ0n) is 19.8. The average Bonchev–Trinajstić information content (AvgIpc) is 3.35. The molecule has 1 amide bonds. The number of carbonyl (C=O) groups excluding carboxylic acids is 3. The van der Waals surface area contributed by atoms with E-state index in [4.69, 9.17) is 5.73 Å². The molecule has 3 unspecified atom stereocenters. The largest absolute Gasteiger partial charge is 0.508 e. The molecule has 0 aromatic heterocycles. The first-order chi connectivity index (χ1) is 17.0. The van der Waals surface area contributed by atoms with Crippen LogP contribution in [0.4, 0.5) is 4.39 Å². The molecule has 8 N–H and O–H groups in total. The van der Waals surface area contributed by atoms with Crippen LogP contribution in [0.2, 0.25) is 0 Å². The molecule has 3 aliphatic carbocycles. The number of carbonyl (C=O) groups is 3. The van der Waals surface area contributed by atoms with Crippen molar-refractivity contribution >= 4 is 17.5 Å². The molecule has 1 saturated heterocycles. The van der Waals surface area contributed by atoms with E-state index in [1.165, 1.54) is 6.07 Å². The predicted molar refractivity (Wildman–Crippen MR) is 123 cm³/mol. The number of benzene rings is 1. The highest BCUT2D eigenvalue weighted by Gasteiger charge is 2.65. The first kappa shape index (κ1) is 24.8. The number of ketones is 2. The van der Waals surface area contributed by atoms with Gasteiger partial charge >= 0.3 is 0 Å². The van der Waals surface area contributed by atoms with Gasteiger partial charge in [0.1, 0.15) is 23.2 Å². The molecule has 1 aliphatic heterocycles. The Hall–Kier alpha value is -2.86. The summed E-state index contributed by atoms with van der Waals surface area (Å²) < 4.78 is 15.7. The molecule has 7 atom stereocenters. The Morgan fingerprint density at radius 3 is 2.67 bits per heavy atom. The number of rotatable bonds is 4. The van der Waals surface area contributed by atoms with Crippen molar-refractivity contribution in [2.24, 2.45) is 23.5 Å². The van der Waals surface area contributed by atoms with E-state index >= 15 is 4.39 Å². The molecular weight excluding hydrogens is 473 g/mol. The van der Waals surface area contributed by atoms with Crippen molar-refractivity contribution in [2.45, 2.75) is 56.4 Å². The fourth-order valence-corrected chi connectivity index (χ4v) is 6.74. The third kappa shape index (κ3) is 3.26. The number of halogens is 1. The zero-order valence-corrected chi connectivity index (χ0v) is 19.8. The van der Waals surface area contributed by atoms with Gasteiger partial charge in [0.2, 0.25) is 5.91 Å². The molecule has 10 nitrogen and oxygen atoms in total. The molecule has 1 aromatic rings. The number of aromatic hydroxyl groups is 1. The third-order valence-corrected chi connectivity index (χ3v) is 8.37. The third-order valence-electron chi connectivity index (χ3n) is 8.37. The van der Waals surface area contributed by atoms with Crippen LogP contribution >= 0.6 is 0 Å². The van der Waals surface area contributed by atoms with Crippen molar-refractivity contribution in [2.75, 3.05) is 13.1 Å². The van der Waals surface area contributed by atoms with E-state index in [-0.39, 0.29) is 41.1 Å². The molecule has 0 spiro atoms. The number of allylic oxidation sites excluding steroid dienone is 1. The smallest absolute Gasteiger partial charge is 0.230 e. The number of aliphatic hydroxyl groups is 3. The molecule has 2 fully saturated rings. The highest BCUT2D eigenvalue weighted by molar-refractivity contribution is 6.15. The van der Waals surface area contributed by atoms with Gasteiger partial charge < -0.3 is 36.8 Å². The Morgan fingerprint density at radius 2 is 2.06 bits per heavy atom. The van der Waals surface area contributed by atoms with E-state index in [0.29, 0.717) is 19.5 Å². The first-order valence-electron chi connectivity index (χ1n) is 12.3. The van der Waals surface area contributed by atoms with Crippen LogP contribution in [0.25, 0.3) is 0 Å². The summed E-state index contributed by atoms with van der Waals surface area (Å²) in [5, 5.41) is 50.5. The van der Waals surface area contributed by atoms with Crippen molar-refractivity contribution in [1.82, 2.24) is 10.6 Å². The maximum atomic E-state index is 15.7. The maximum Gasteiger partial charge on any atom is 0.230 e. The number of nitrogens with one attached hydrogen (secondary N) is 2. The van der Waals surface area contributed by atoms with Crippen LogP contribution in [0.5, 0.6) is 5.75 Å². The summed E-state index contributed by atoms with van der Waals surface area (Å²) >= 11 is 0. The van der Waals surface area contributed by atoms with Gasteiger partial charge in [0.25, 0.3) is 0 Å². The molecule has 11 heteroatoms. The van der Waals surface area contributed by atoms with Gasteiger partial charge in [-0.3, -0.25) is 14.4 Å². The Kier molecular flexibility index (Phi) is 5.94.